The second-order valence-corrected chi connectivity index (χ2v) is 7.81. The Morgan fingerprint density at radius 3 is 2.60 bits per heavy atom. The first kappa shape index (κ1) is 20.4. The van der Waals surface area contributed by atoms with Gasteiger partial charge in [-0.2, -0.15) is 0 Å². The number of ether oxygens (including phenoxy) is 2. The van der Waals surface area contributed by atoms with E-state index in [1.165, 1.54) is 0 Å². The molecule has 0 saturated carbocycles. The SMILES string of the molecule is COc1ccc(Br)c(CNCCc2nc3ccccc3[nH]2)c1OCc1ccccc1. The van der Waals surface area contributed by atoms with Crippen LogP contribution in [-0.4, -0.2) is 23.6 Å². The zero-order chi connectivity index (χ0) is 20.8. The second kappa shape index (κ2) is 9.78. The van der Waals surface area contributed by atoms with Crippen LogP contribution in [0.2, 0.25) is 0 Å². The average Bonchev–Trinajstić information content (AvgIpc) is 3.20. The van der Waals surface area contributed by atoms with Gasteiger partial charge < -0.3 is 19.8 Å². The van der Waals surface area contributed by atoms with Crippen LogP contribution in [0.3, 0.4) is 0 Å². The summed E-state index contributed by atoms with van der Waals surface area (Å²) in [5.74, 6) is 2.46. The Kier molecular flexibility index (Phi) is 6.67. The van der Waals surface area contributed by atoms with Crippen LogP contribution in [0.25, 0.3) is 11.0 Å². The summed E-state index contributed by atoms with van der Waals surface area (Å²) >= 11 is 3.66. The van der Waals surface area contributed by atoms with E-state index in [4.69, 9.17) is 9.47 Å². The van der Waals surface area contributed by atoms with Gasteiger partial charge in [0.2, 0.25) is 0 Å². The molecular formula is C24H24BrN3O2. The second-order valence-electron chi connectivity index (χ2n) is 6.96. The highest BCUT2D eigenvalue weighted by Gasteiger charge is 2.15. The lowest BCUT2D eigenvalue weighted by Crippen LogP contribution is -2.18. The van der Waals surface area contributed by atoms with E-state index in [-0.39, 0.29) is 0 Å². The zero-order valence-electron chi connectivity index (χ0n) is 16.8. The molecule has 0 aliphatic rings. The molecule has 0 atom stereocenters. The molecule has 154 valence electrons. The van der Waals surface area contributed by atoms with Crippen LogP contribution in [0.4, 0.5) is 0 Å². The molecule has 1 heterocycles. The monoisotopic (exact) mass is 465 g/mol. The minimum absolute atomic E-state index is 0.486. The fourth-order valence-corrected chi connectivity index (χ4v) is 3.79. The third kappa shape index (κ3) is 4.83. The van der Waals surface area contributed by atoms with E-state index < -0.39 is 0 Å². The summed E-state index contributed by atoms with van der Waals surface area (Å²) in [7, 11) is 1.66. The number of H-pyrrole nitrogens is 1. The molecule has 4 rings (SSSR count). The predicted molar refractivity (Wildman–Crippen MR) is 123 cm³/mol. The van der Waals surface area contributed by atoms with Crippen LogP contribution in [0.15, 0.2) is 71.2 Å². The average molecular weight is 466 g/mol. The van der Waals surface area contributed by atoms with Gasteiger partial charge in [0.25, 0.3) is 0 Å². The number of imidazole rings is 1. The molecule has 1 aromatic heterocycles. The third-order valence-electron chi connectivity index (χ3n) is 4.89. The minimum Gasteiger partial charge on any atom is -0.493 e. The molecule has 0 aliphatic heterocycles. The van der Waals surface area contributed by atoms with Gasteiger partial charge in [0.1, 0.15) is 12.4 Å². The normalized spacial score (nSPS) is 11.0. The lowest BCUT2D eigenvalue weighted by molar-refractivity contribution is 0.280. The van der Waals surface area contributed by atoms with Crippen molar-refractivity contribution >= 4 is 27.0 Å². The van der Waals surface area contributed by atoms with Crippen LogP contribution >= 0.6 is 15.9 Å². The molecule has 2 N–H and O–H groups in total. The number of para-hydroxylation sites is 2. The number of hydrogen-bond donors (Lipinski definition) is 2. The van der Waals surface area contributed by atoms with E-state index in [1.54, 1.807) is 7.11 Å². The van der Waals surface area contributed by atoms with Crippen molar-refractivity contribution in [3.05, 3.63) is 88.2 Å². The van der Waals surface area contributed by atoms with E-state index >= 15 is 0 Å². The maximum Gasteiger partial charge on any atom is 0.167 e. The number of halogens is 1. The maximum atomic E-state index is 6.17. The summed E-state index contributed by atoms with van der Waals surface area (Å²) in [6, 6.07) is 22.1. The Hall–Kier alpha value is -2.83. The van der Waals surface area contributed by atoms with Crippen LogP contribution in [-0.2, 0) is 19.6 Å². The fourth-order valence-electron chi connectivity index (χ4n) is 3.34. The summed E-state index contributed by atoms with van der Waals surface area (Å²) < 4.78 is 12.7. The van der Waals surface area contributed by atoms with E-state index in [1.807, 2.05) is 54.6 Å². The molecule has 0 saturated heterocycles. The lowest BCUT2D eigenvalue weighted by Gasteiger charge is -2.17. The number of fused-ring (bicyclic) bond motifs is 1. The van der Waals surface area contributed by atoms with Crippen LogP contribution in [0, 0.1) is 0 Å². The highest BCUT2D eigenvalue weighted by molar-refractivity contribution is 9.10. The Morgan fingerprint density at radius 1 is 1.00 bits per heavy atom. The van der Waals surface area contributed by atoms with Crippen molar-refractivity contribution in [2.75, 3.05) is 13.7 Å². The van der Waals surface area contributed by atoms with Crippen molar-refractivity contribution in [2.45, 2.75) is 19.6 Å². The first-order chi connectivity index (χ1) is 14.7. The minimum atomic E-state index is 0.486. The Morgan fingerprint density at radius 2 is 1.80 bits per heavy atom. The van der Waals surface area contributed by atoms with Crippen molar-refractivity contribution in [2.24, 2.45) is 0 Å². The molecule has 0 spiro atoms. The zero-order valence-corrected chi connectivity index (χ0v) is 18.4. The largest absolute Gasteiger partial charge is 0.493 e. The van der Waals surface area contributed by atoms with Crippen molar-refractivity contribution in [1.29, 1.82) is 0 Å². The number of aromatic amines is 1. The number of nitrogens with zero attached hydrogens (tertiary/aromatic N) is 1. The Labute approximate surface area is 184 Å². The molecule has 0 amide bonds. The van der Waals surface area contributed by atoms with Crippen molar-refractivity contribution in [3.8, 4) is 11.5 Å². The first-order valence-corrected chi connectivity index (χ1v) is 10.7. The molecule has 0 bridgehead atoms. The highest BCUT2D eigenvalue weighted by Crippen LogP contribution is 2.36. The molecule has 4 aromatic rings. The smallest absolute Gasteiger partial charge is 0.167 e. The molecular weight excluding hydrogens is 442 g/mol. The van der Waals surface area contributed by atoms with Gasteiger partial charge in [0.15, 0.2) is 11.5 Å². The van der Waals surface area contributed by atoms with Crippen LogP contribution in [0.5, 0.6) is 11.5 Å². The van der Waals surface area contributed by atoms with Gasteiger partial charge in [0.05, 0.1) is 18.1 Å². The molecule has 5 nitrogen and oxygen atoms in total. The lowest BCUT2D eigenvalue weighted by atomic mass is 10.1. The fraction of sp³-hybridized carbons (Fsp3) is 0.208. The number of rotatable bonds is 9. The molecule has 6 heteroatoms. The Balaban J connectivity index is 1.41. The molecule has 3 aromatic carbocycles. The first-order valence-electron chi connectivity index (χ1n) is 9.91. The number of benzene rings is 3. The maximum absolute atomic E-state index is 6.17. The van der Waals surface area contributed by atoms with Crippen LogP contribution < -0.4 is 14.8 Å². The number of methoxy groups -OCH3 is 1. The number of aromatic nitrogens is 2. The van der Waals surface area contributed by atoms with Gasteiger partial charge in [-0.25, -0.2) is 4.98 Å². The topological polar surface area (TPSA) is 59.2 Å². The molecule has 0 fully saturated rings. The van der Waals surface area contributed by atoms with Gasteiger partial charge in [0, 0.05) is 29.5 Å². The predicted octanol–water partition coefficient (Wildman–Crippen LogP) is 5.25. The third-order valence-corrected chi connectivity index (χ3v) is 5.63. The summed E-state index contributed by atoms with van der Waals surface area (Å²) in [4.78, 5) is 8.00. The number of hydrogen-bond acceptors (Lipinski definition) is 4. The Bertz CT molecular complexity index is 1080. The van der Waals surface area contributed by atoms with Gasteiger partial charge >= 0.3 is 0 Å². The van der Waals surface area contributed by atoms with E-state index in [0.717, 1.165) is 56.9 Å². The van der Waals surface area contributed by atoms with Crippen molar-refractivity contribution in [1.82, 2.24) is 15.3 Å². The van der Waals surface area contributed by atoms with Crippen molar-refractivity contribution in [3.63, 3.8) is 0 Å². The van der Waals surface area contributed by atoms with Crippen LogP contribution in [0.1, 0.15) is 17.0 Å². The summed E-state index contributed by atoms with van der Waals surface area (Å²) in [6.07, 6.45) is 0.816. The van der Waals surface area contributed by atoms with Gasteiger partial charge in [-0.05, 0) is 29.8 Å². The van der Waals surface area contributed by atoms with Gasteiger partial charge in [-0.3, -0.25) is 0 Å². The molecule has 0 radical (unpaired) electrons. The van der Waals surface area contributed by atoms with E-state index in [0.29, 0.717) is 13.2 Å². The highest BCUT2D eigenvalue weighted by atomic mass is 79.9. The summed E-state index contributed by atoms with van der Waals surface area (Å²) in [6.45, 7) is 1.93. The summed E-state index contributed by atoms with van der Waals surface area (Å²) in [5, 5.41) is 3.50. The van der Waals surface area contributed by atoms with Gasteiger partial charge in [-0.1, -0.05) is 58.4 Å². The summed E-state index contributed by atoms with van der Waals surface area (Å²) in [5.41, 5.74) is 4.22. The van der Waals surface area contributed by atoms with E-state index in [2.05, 4.69) is 43.3 Å². The molecule has 0 aliphatic carbocycles. The standard InChI is InChI=1S/C24H24BrN3O2/c1-29-22-12-11-19(25)18(24(22)30-16-17-7-3-2-4-8-17)15-26-14-13-23-27-20-9-5-6-10-21(20)28-23/h2-12,26H,13-16H2,1H3,(H,27,28). The number of nitrogens with one attached hydrogen (secondary N) is 2. The molecule has 0 unspecified atom stereocenters. The molecule has 30 heavy (non-hydrogen) atoms. The quantitative estimate of drug-likeness (QED) is 0.331. The van der Waals surface area contributed by atoms with Gasteiger partial charge in [-0.15, -0.1) is 0 Å². The van der Waals surface area contributed by atoms with E-state index in [9.17, 15) is 0 Å². The van der Waals surface area contributed by atoms with Crippen molar-refractivity contribution < 1.29 is 9.47 Å².